The van der Waals surface area contributed by atoms with Gasteiger partial charge in [0.25, 0.3) is 0 Å². The molecule has 1 saturated carbocycles. The first-order valence-corrected chi connectivity index (χ1v) is 5.89. The van der Waals surface area contributed by atoms with E-state index in [4.69, 9.17) is 0 Å². The van der Waals surface area contributed by atoms with Crippen LogP contribution in [-0.2, 0) is 9.59 Å². The Labute approximate surface area is 96.4 Å². The minimum Gasteiger partial charge on any atom is -0.481 e. The molecule has 16 heavy (non-hydrogen) atoms. The lowest BCUT2D eigenvalue weighted by molar-refractivity contribution is -0.149. The van der Waals surface area contributed by atoms with Crippen molar-refractivity contribution in [1.82, 2.24) is 5.32 Å². The number of carboxylic acids is 1. The van der Waals surface area contributed by atoms with Crippen molar-refractivity contribution >= 4 is 11.9 Å². The highest BCUT2D eigenvalue weighted by atomic mass is 16.4. The molecule has 2 unspecified atom stereocenters. The fraction of sp³-hybridized carbons (Fsp3) is 0.833. The summed E-state index contributed by atoms with van der Waals surface area (Å²) in [6.07, 6.45) is 2.75. The average molecular weight is 227 g/mol. The minimum absolute atomic E-state index is 0.0330. The molecule has 1 fully saturated rings. The zero-order valence-electron chi connectivity index (χ0n) is 10.2. The SMILES string of the molecule is CC(C)CC(=O)NC1CCCC1(C)C(=O)O. The molecular formula is C12H21NO3. The molecule has 2 atom stereocenters. The number of carbonyl (C=O) groups excluding carboxylic acids is 1. The van der Waals surface area contributed by atoms with Crippen molar-refractivity contribution in [2.45, 2.75) is 52.5 Å². The smallest absolute Gasteiger partial charge is 0.311 e. The molecule has 0 aromatic rings. The Bertz CT molecular complexity index is 288. The Hall–Kier alpha value is -1.06. The van der Waals surface area contributed by atoms with Crippen LogP contribution in [-0.4, -0.2) is 23.0 Å². The molecule has 0 spiro atoms. The first kappa shape index (κ1) is 13.0. The Morgan fingerprint density at radius 1 is 1.50 bits per heavy atom. The Morgan fingerprint density at radius 3 is 2.62 bits per heavy atom. The first-order chi connectivity index (χ1) is 7.36. The van der Waals surface area contributed by atoms with Crippen molar-refractivity contribution in [2.24, 2.45) is 11.3 Å². The summed E-state index contributed by atoms with van der Waals surface area (Å²) in [4.78, 5) is 22.8. The molecule has 1 rings (SSSR count). The third kappa shape index (κ3) is 2.74. The van der Waals surface area contributed by atoms with E-state index in [1.807, 2.05) is 13.8 Å². The van der Waals surface area contributed by atoms with Crippen LogP contribution in [0.15, 0.2) is 0 Å². The van der Waals surface area contributed by atoms with E-state index in [-0.39, 0.29) is 11.9 Å². The number of hydrogen-bond acceptors (Lipinski definition) is 2. The van der Waals surface area contributed by atoms with E-state index in [2.05, 4.69) is 5.32 Å². The summed E-state index contributed by atoms with van der Waals surface area (Å²) in [7, 11) is 0. The molecule has 0 radical (unpaired) electrons. The van der Waals surface area contributed by atoms with Crippen LogP contribution in [0.2, 0.25) is 0 Å². The van der Waals surface area contributed by atoms with Gasteiger partial charge in [-0.2, -0.15) is 0 Å². The van der Waals surface area contributed by atoms with Crippen molar-refractivity contribution in [3.8, 4) is 0 Å². The molecule has 0 aromatic heterocycles. The highest BCUT2D eigenvalue weighted by Gasteiger charge is 2.45. The second-order valence-electron chi connectivity index (χ2n) is 5.33. The van der Waals surface area contributed by atoms with Gasteiger partial charge in [0.2, 0.25) is 5.91 Å². The van der Waals surface area contributed by atoms with Crippen LogP contribution in [0, 0.1) is 11.3 Å². The summed E-state index contributed by atoms with van der Waals surface area (Å²) < 4.78 is 0. The highest BCUT2D eigenvalue weighted by Crippen LogP contribution is 2.38. The summed E-state index contributed by atoms with van der Waals surface area (Å²) in [5, 5.41) is 12.0. The van der Waals surface area contributed by atoms with Gasteiger partial charge >= 0.3 is 5.97 Å². The molecule has 92 valence electrons. The van der Waals surface area contributed by atoms with Gasteiger partial charge in [-0.25, -0.2) is 0 Å². The molecule has 0 saturated heterocycles. The number of nitrogens with one attached hydrogen (secondary N) is 1. The quantitative estimate of drug-likeness (QED) is 0.769. The van der Waals surface area contributed by atoms with Gasteiger partial charge in [0, 0.05) is 12.5 Å². The van der Waals surface area contributed by atoms with Crippen LogP contribution < -0.4 is 5.32 Å². The molecule has 1 aliphatic carbocycles. The number of hydrogen-bond donors (Lipinski definition) is 2. The van der Waals surface area contributed by atoms with Gasteiger partial charge in [0.05, 0.1) is 5.41 Å². The maximum Gasteiger partial charge on any atom is 0.311 e. The molecule has 1 amide bonds. The zero-order valence-corrected chi connectivity index (χ0v) is 10.2. The third-order valence-electron chi connectivity index (χ3n) is 3.38. The topological polar surface area (TPSA) is 66.4 Å². The summed E-state index contributed by atoms with van der Waals surface area (Å²) in [5.41, 5.74) is -0.785. The van der Waals surface area contributed by atoms with Gasteiger partial charge in [-0.1, -0.05) is 20.3 Å². The second kappa shape index (κ2) is 4.85. The first-order valence-electron chi connectivity index (χ1n) is 5.89. The largest absolute Gasteiger partial charge is 0.481 e. The standard InChI is InChI=1S/C12H21NO3/c1-8(2)7-10(14)13-9-5-4-6-12(9,3)11(15)16/h8-9H,4-7H2,1-3H3,(H,13,14)(H,15,16). The molecule has 0 bridgehead atoms. The van der Waals surface area contributed by atoms with Crippen LogP contribution in [0.5, 0.6) is 0 Å². The van der Waals surface area contributed by atoms with Gasteiger partial charge in [-0.15, -0.1) is 0 Å². The summed E-state index contributed by atoms with van der Waals surface area (Å²) in [6.45, 7) is 5.68. The van der Waals surface area contributed by atoms with Gasteiger partial charge in [-0.3, -0.25) is 9.59 Å². The number of carbonyl (C=O) groups is 2. The lowest BCUT2D eigenvalue weighted by Crippen LogP contribution is -2.47. The fourth-order valence-corrected chi connectivity index (χ4v) is 2.28. The summed E-state index contributed by atoms with van der Waals surface area (Å²) in [6, 6.07) is -0.212. The van der Waals surface area contributed by atoms with Crippen molar-refractivity contribution < 1.29 is 14.7 Å². The molecule has 0 aliphatic heterocycles. The lowest BCUT2D eigenvalue weighted by Gasteiger charge is -2.27. The van der Waals surface area contributed by atoms with E-state index in [1.54, 1.807) is 6.92 Å². The molecule has 1 aliphatic rings. The molecular weight excluding hydrogens is 206 g/mol. The van der Waals surface area contributed by atoms with Gasteiger partial charge in [0.15, 0.2) is 0 Å². The Balaban J connectivity index is 2.60. The van der Waals surface area contributed by atoms with Crippen molar-refractivity contribution in [3.63, 3.8) is 0 Å². The summed E-state index contributed by atoms with van der Waals surface area (Å²) in [5.74, 6) is -0.535. The number of rotatable bonds is 4. The Kier molecular flexibility index (Phi) is 3.94. The van der Waals surface area contributed by atoms with E-state index < -0.39 is 11.4 Å². The number of aliphatic carboxylic acids is 1. The molecule has 4 heteroatoms. The van der Waals surface area contributed by atoms with Crippen LogP contribution in [0.25, 0.3) is 0 Å². The second-order valence-corrected chi connectivity index (χ2v) is 5.33. The van der Waals surface area contributed by atoms with Crippen LogP contribution in [0.3, 0.4) is 0 Å². The summed E-state index contributed by atoms with van der Waals surface area (Å²) >= 11 is 0. The predicted octanol–water partition coefficient (Wildman–Crippen LogP) is 1.79. The third-order valence-corrected chi connectivity index (χ3v) is 3.38. The Morgan fingerprint density at radius 2 is 2.12 bits per heavy atom. The average Bonchev–Trinajstić information content (AvgIpc) is 2.47. The van der Waals surface area contributed by atoms with E-state index >= 15 is 0 Å². The molecule has 4 nitrogen and oxygen atoms in total. The monoisotopic (exact) mass is 227 g/mol. The van der Waals surface area contributed by atoms with Gasteiger partial charge in [-0.05, 0) is 25.7 Å². The molecule has 0 heterocycles. The van der Waals surface area contributed by atoms with E-state index in [0.29, 0.717) is 18.8 Å². The maximum atomic E-state index is 11.6. The molecule has 0 aromatic carbocycles. The maximum absolute atomic E-state index is 11.6. The van der Waals surface area contributed by atoms with Crippen molar-refractivity contribution in [1.29, 1.82) is 0 Å². The fourth-order valence-electron chi connectivity index (χ4n) is 2.28. The minimum atomic E-state index is -0.806. The number of amides is 1. The van der Waals surface area contributed by atoms with Gasteiger partial charge < -0.3 is 10.4 Å². The zero-order chi connectivity index (χ0) is 12.3. The van der Waals surface area contributed by atoms with Crippen molar-refractivity contribution in [3.05, 3.63) is 0 Å². The molecule has 2 N–H and O–H groups in total. The van der Waals surface area contributed by atoms with E-state index in [9.17, 15) is 14.7 Å². The predicted molar refractivity (Wildman–Crippen MR) is 61.0 cm³/mol. The number of carboxylic acid groups (broad SMARTS) is 1. The van der Waals surface area contributed by atoms with Crippen LogP contribution >= 0.6 is 0 Å². The van der Waals surface area contributed by atoms with Crippen LogP contribution in [0.1, 0.15) is 46.5 Å². The van der Waals surface area contributed by atoms with E-state index in [0.717, 1.165) is 12.8 Å². The van der Waals surface area contributed by atoms with Crippen LogP contribution in [0.4, 0.5) is 0 Å². The van der Waals surface area contributed by atoms with E-state index in [1.165, 1.54) is 0 Å². The van der Waals surface area contributed by atoms with Gasteiger partial charge in [0.1, 0.15) is 0 Å². The normalized spacial score (nSPS) is 29.4. The van der Waals surface area contributed by atoms with Crippen molar-refractivity contribution in [2.75, 3.05) is 0 Å². The highest BCUT2D eigenvalue weighted by molar-refractivity contribution is 5.80. The lowest BCUT2D eigenvalue weighted by atomic mass is 9.85.